The molecule has 0 spiro atoms. The number of hydrogen-bond acceptors (Lipinski definition) is 2. The Bertz CT molecular complexity index is 615. The van der Waals surface area contributed by atoms with Gasteiger partial charge in [0.15, 0.2) is 0 Å². The molecular formula is C18H19NO2. The van der Waals surface area contributed by atoms with Crippen molar-refractivity contribution in [2.75, 3.05) is 4.90 Å². The van der Waals surface area contributed by atoms with Crippen LogP contribution in [-0.4, -0.2) is 17.1 Å². The van der Waals surface area contributed by atoms with Crippen LogP contribution in [0.2, 0.25) is 0 Å². The number of anilines is 1. The maximum atomic E-state index is 12.4. The molecular weight excluding hydrogens is 262 g/mol. The Kier molecular flexibility index (Phi) is 4.77. The number of carbonyl (C=O) groups is 1. The number of nitrogens with zero attached hydrogens (tertiary/aromatic N) is 1. The predicted octanol–water partition coefficient (Wildman–Crippen LogP) is 3.85. The molecule has 3 nitrogen and oxygen atoms in total. The van der Waals surface area contributed by atoms with E-state index in [1.807, 2.05) is 44.2 Å². The van der Waals surface area contributed by atoms with Crippen LogP contribution in [0.25, 0.3) is 6.08 Å². The molecule has 0 aliphatic carbocycles. The molecule has 0 fully saturated rings. The quantitative estimate of drug-likeness (QED) is 0.865. The van der Waals surface area contributed by atoms with Crippen molar-refractivity contribution in [3.05, 3.63) is 66.2 Å². The molecule has 0 heterocycles. The highest BCUT2D eigenvalue weighted by Crippen LogP contribution is 2.21. The van der Waals surface area contributed by atoms with Gasteiger partial charge in [0.05, 0.1) is 0 Å². The Morgan fingerprint density at radius 3 is 2.24 bits per heavy atom. The van der Waals surface area contributed by atoms with E-state index in [0.717, 1.165) is 11.3 Å². The number of hydrogen-bond donors (Lipinski definition) is 1. The lowest BCUT2D eigenvalue weighted by molar-refractivity contribution is -0.114. The van der Waals surface area contributed by atoms with Crippen molar-refractivity contribution in [1.29, 1.82) is 0 Å². The molecule has 0 radical (unpaired) electrons. The summed E-state index contributed by atoms with van der Waals surface area (Å²) in [5, 5.41) is 9.35. The SMILES string of the molecule is CC(C)N(C(=O)/C=C/c1ccccc1)c1ccc(O)cc1. The summed E-state index contributed by atoms with van der Waals surface area (Å²) in [5.74, 6) is 0.106. The Morgan fingerprint density at radius 1 is 1.05 bits per heavy atom. The molecule has 0 atom stereocenters. The molecule has 0 aliphatic heterocycles. The van der Waals surface area contributed by atoms with Crippen LogP contribution in [0.15, 0.2) is 60.7 Å². The Hall–Kier alpha value is -2.55. The minimum atomic E-state index is -0.0838. The number of rotatable bonds is 4. The van der Waals surface area contributed by atoms with Gasteiger partial charge in [-0.2, -0.15) is 0 Å². The molecule has 108 valence electrons. The number of amides is 1. The normalized spacial score (nSPS) is 11.0. The molecule has 0 bridgehead atoms. The largest absolute Gasteiger partial charge is 0.508 e. The maximum absolute atomic E-state index is 12.4. The minimum Gasteiger partial charge on any atom is -0.508 e. The van der Waals surface area contributed by atoms with Gasteiger partial charge in [-0.3, -0.25) is 4.79 Å². The second kappa shape index (κ2) is 6.75. The highest BCUT2D eigenvalue weighted by molar-refractivity contribution is 6.04. The fourth-order valence-corrected chi connectivity index (χ4v) is 2.11. The maximum Gasteiger partial charge on any atom is 0.251 e. The molecule has 0 aromatic heterocycles. The van der Waals surface area contributed by atoms with Crippen LogP contribution >= 0.6 is 0 Å². The first kappa shape index (κ1) is 14.9. The van der Waals surface area contributed by atoms with E-state index in [-0.39, 0.29) is 17.7 Å². The number of benzene rings is 2. The molecule has 3 heteroatoms. The predicted molar refractivity (Wildman–Crippen MR) is 86.2 cm³/mol. The van der Waals surface area contributed by atoms with Crippen LogP contribution in [-0.2, 0) is 4.79 Å². The number of phenolic OH excluding ortho intramolecular Hbond substituents is 1. The zero-order valence-electron chi connectivity index (χ0n) is 12.2. The summed E-state index contributed by atoms with van der Waals surface area (Å²) in [6, 6.07) is 16.4. The lowest BCUT2D eigenvalue weighted by Gasteiger charge is -2.25. The third-order valence-electron chi connectivity index (χ3n) is 3.10. The number of carbonyl (C=O) groups excluding carboxylic acids is 1. The van der Waals surface area contributed by atoms with Crippen molar-refractivity contribution in [3.8, 4) is 5.75 Å². The fourth-order valence-electron chi connectivity index (χ4n) is 2.11. The van der Waals surface area contributed by atoms with Crippen LogP contribution in [0.3, 0.4) is 0 Å². The van der Waals surface area contributed by atoms with E-state index in [1.165, 1.54) is 0 Å². The summed E-state index contributed by atoms with van der Waals surface area (Å²) in [6.07, 6.45) is 3.38. The molecule has 0 saturated heterocycles. The van der Waals surface area contributed by atoms with E-state index in [1.54, 1.807) is 41.3 Å². The molecule has 21 heavy (non-hydrogen) atoms. The summed E-state index contributed by atoms with van der Waals surface area (Å²) >= 11 is 0. The van der Waals surface area contributed by atoms with Gasteiger partial charge in [-0.05, 0) is 49.8 Å². The summed E-state index contributed by atoms with van der Waals surface area (Å²) in [5.41, 5.74) is 1.76. The second-order valence-electron chi connectivity index (χ2n) is 5.06. The van der Waals surface area contributed by atoms with Gasteiger partial charge in [-0.1, -0.05) is 30.3 Å². The van der Waals surface area contributed by atoms with Crippen molar-refractivity contribution < 1.29 is 9.90 Å². The van der Waals surface area contributed by atoms with Crippen LogP contribution in [0.5, 0.6) is 5.75 Å². The first-order chi connectivity index (χ1) is 10.1. The summed E-state index contributed by atoms with van der Waals surface area (Å²) in [4.78, 5) is 14.1. The van der Waals surface area contributed by atoms with Crippen LogP contribution in [0, 0.1) is 0 Å². The lowest BCUT2D eigenvalue weighted by atomic mass is 10.2. The van der Waals surface area contributed by atoms with Gasteiger partial charge in [-0.15, -0.1) is 0 Å². The van der Waals surface area contributed by atoms with E-state index >= 15 is 0 Å². The third kappa shape index (κ3) is 3.96. The number of phenols is 1. The molecule has 2 rings (SSSR count). The third-order valence-corrected chi connectivity index (χ3v) is 3.10. The molecule has 0 saturated carbocycles. The van der Waals surface area contributed by atoms with Gasteiger partial charge >= 0.3 is 0 Å². The van der Waals surface area contributed by atoms with Gasteiger partial charge in [0.1, 0.15) is 5.75 Å². The van der Waals surface area contributed by atoms with Crippen LogP contribution < -0.4 is 4.90 Å². The monoisotopic (exact) mass is 281 g/mol. The van der Waals surface area contributed by atoms with E-state index in [0.29, 0.717) is 0 Å². The highest BCUT2D eigenvalue weighted by atomic mass is 16.3. The Balaban J connectivity index is 2.20. The second-order valence-corrected chi connectivity index (χ2v) is 5.06. The van der Waals surface area contributed by atoms with Gasteiger partial charge in [0.25, 0.3) is 5.91 Å². The average Bonchev–Trinajstić information content (AvgIpc) is 2.48. The molecule has 1 N–H and O–H groups in total. The molecule has 2 aromatic carbocycles. The Morgan fingerprint density at radius 2 is 1.67 bits per heavy atom. The summed E-state index contributed by atoms with van der Waals surface area (Å²) in [6.45, 7) is 3.92. The van der Waals surface area contributed by atoms with Crippen molar-refractivity contribution in [2.45, 2.75) is 19.9 Å². The van der Waals surface area contributed by atoms with Crippen LogP contribution in [0.4, 0.5) is 5.69 Å². The van der Waals surface area contributed by atoms with Gasteiger partial charge in [0, 0.05) is 17.8 Å². The van der Waals surface area contributed by atoms with Gasteiger partial charge in [-0.25, -0.2) is 0 Å². The Labute approximate surface area is 125 Å². The molecule has 1 amide bonds. The van der Waals surface area contributed by atoms with E-state index in [2.05, 4.69) is 0 Å². The van der Waals surface area contributed by atoms with Crippen molar-refractivity contribution in [2.24, 2.45) is 0 Å². The van der Waals surface area contributed by atoms with Crippen molar-refractivity contribution in [1.82, 2.24) is 0 Å². The smallest absolute Gasteiger partial charge is 0.251 e. The zero-order chi connectivity index (χ0) is 15.2. The van der Waals surface area contributed by atoms with Gasteiger partial charge in [0.2, 0.25) is 0 Å². The number of aromatic hydroxyl groups is 1. The first-order valence-corrected chi connectivity index (χ1v) is 6.93. The van der Waals surface area contributed by atoms with E-state index in [9.17, 15) is 9.90 Å². The van der Waals surface area contributed by atoms with Gasteiger partial charge < -0.3 is 10.0 Å². The van der Waals surface area contributed by atoms with Crippen LogP contribution in [0.1, 0.15) is 19.4 Å². The van der Waals surface area contributed by atoms with E-state index < -0.39 is 0 Å². The lowest BCUT2D eigenvalue weighted by Crippen LogP contribution is -2.35. The highest BCUT2D eigenvalue weighted by Gasteiger charge is 2.16. The van der Waals surface area contributed by atoms with E-state index in [4.69, 9.17) is 0 Å². The minimum absolute atomic E-state index is 0.0301. The fraction of sp³-hybridized carbons (Fsp3) is 0.167. The first-order valence-electron chi connectivity index (χ1n) is 6.93. The standard InChI is InChI=1S/C18H19NO2/c1-14(2)19(16-9-11-17(20)12-10-16)18(21)13-8-15-6-4-3-5-7-15/h3-14,20H,1-2H3/b13-8+. The zero-order valence-corrected chi connectivity index (χ0v) is 12.2. The molecule has 0 aliphatic rings. The molecule has 0 unspecified atom stereocenters. The average molecular weight is 281 g/mol. The molecule has 2 aromatic rings. The van der Waals surface area contributed by atoms with Crippen molar-refractivity contribution >= 4 is 17.7 Å². The summed E-state index contributed by atoms with van der Waals surface area (Å²) < 4.78 is 0. The topological polar surface area (TPSA) is 40.5 Å². The van der Waals surface area contributed by atoms with Crippen molar-refractivity contribution in [3.63, 3.8) is 0 Å². The summed E-state index contributed by atoms with van der Waals surface area (Å²) in [7, 11) is 0.